The average molecular weight is 302 g/mol. The molecule has 3 heteroatoms. The van der Waals surface area contributed by atoms with Gasteiger partial charge in [-0.1, -0.05) is 51.0 Å². The molecule has 0 fully saturated rings. The van der Waals surface area contributed by atoms with E-state index in [4.69, 9.17) is 9.47 Å². The SMILES string of the molecule is CCCCOC(=O)C1=C(OCCCC)c2ccccc2CC1. The summed E-state index contributed by atoms with van der Waals surface area (Å²) in [5.74, 6) is 0.520. The highest BCUT2D eigenvalue weighted by atomic mass is 16.5. The number of rotatable bonds is 8. The fraction of sp³-hybridized carbons (Fsp3) is 0.526. The third kappa shape index (κ3) is 4.12. The van der Waals surface area contributed by atoms with E-state index in [-0.39, 0.29) is 5.97 Å². The number of unbranched alkanes of at least 4 members (excludes halogenated alkanes) is 2. The monoisotopic (exact) mass is 302 g/mol. The van der Waals surface area contributed by atoms with Gasteiger partial charge in [0.2, 0.25) is 0 Å². The van der Waals surface area contributed by atoms with E-state index >= 15 is 0 Å². The first-order valence-corrected chi connectivity index (χ1v) is 8.39. The number of hydrogen-bond acceptors (Lipinski definition) is 3. The maximum Gasteiger partial charge on any atom is 0.337 e. The van der Waals surface area contributed by atoms with Crippen LogP contribution in [0.3, 0.4) is 0 Å². The summed E-state index contributed by atoms with van der Waals surface area (Å²) in [7, 11) is 0. The van der Waals surface area contributed by atoms with Crippen molar-refractivity contribution in [1.29, 1.82) is 0 Å². The molecule has 2 rings (SSSR count). The van der Waals surface area contributed by atoms with Crippen LogP contribution in [-0.2, 0) is 20.7 Å². The van der Waals surface area contributed by atoms with Crippen molar-refractivity contribution in [2.45, 2.75) is 52.4 Å². The number of ether oxygens (including phenoxy) is 2. The zero-order valence-corrected chi connectivity index (χ0v) is 13.7. The van der Waals surface area contributed by atoms with Crippen LogP contribution in [0.15, 0.2) is 29.8 Å². The van der Waals surface area contributed by atoms with Crippen LogP contribution in [0.25, 0.3) is 5.76 Å². The van der Waals surface area contributed by atoms with E-state index in [1.54, 1.807) is 0 Å². The van der Waals surface area contributed by atoms with E-state index in [0.29, 0.717) is 25.2 Å². The molecule has 1 aliphatic carbocycles. The summed E-state index contributed by atoms with van der Waals surface area (Å²) in [5, 5.41) is 0. The molecule has 1 aromatic carbocycles. The molecule has 0 bridgehead atoms. The second kappa shape index (κ2) is 8.62. The summed E-state index contributed by atoms with van der Waals surface area (Å²) in [6, 6.07) is 8.17. The fourth-order valence-corrected chi connectivity index (χ4v) is 2.57. The molecule has 0 aliphatic heterocycles. The molecule has 1 aromatic rings. The summed E-state index contributed by atoms with van der Waals surface area (Å²) in [4.78, 5) is 12.4. The lowest BCUT2D eigenvalue weighted by atomic mass is 9.90. The number of aryl methyl sites for hydroxylation is 1. The second-order valence-corrected chi connectivity index (χ2v) is 5.66. The molecule has 0 heterocycles. The fourth-order valence-electron chi connectivity index (χ4n) is 2.57. The molecule has 0 saturated carbocycles. The molecule has 0 saturated heterocycles. The summed E-state index contributed by atoms with van der Waals surface area (Å²) in [5.41, 5.74) is 3.00. The molecular formula is C19H26O3. The summed E-state index contributed by atoms with van der Waals surface area (Å²) >= 11 is 0. The van der Waals surface area contributed by atoms with Gasteiger partial charge >= 0.3 is 5.97 Å². The third-order valence-corrected chi connectivity index (χ3v) is 3.90. The van der Waals surface area contributed by atoms with Crippen molar-refractivity contribution in [3.05, 3.63) is 41.0 Å². The van der Waals surface area contributed by atoms with E-state index in [1.165, 1.54) is 5.56 Å². The van der Waals surface area contributed by atoms with Gasteiger partial charge < -0.3 is 9.47 Å². The van der Waals surface area contributed by atoms with E-state index < -0.39 is 0 Å². The Morgan fingerprint density at radius 2 is 1.77 bits per heavy atom. The number of esters is 1. The average Bonchev–Trinajstić information content (AvgIpc) is 2.55. The van der Waals surface area contributed by atoms with Gasteiger partial charge in [-0.25, -0.2) is 4.79 Å². The number of benzene rings is 1. The van der Waals surface area contributed by atoms with Gasteiger partial charge in [-0.2, -0.15) is 0 Å². The van der Waals surface area contributed by atoms with Crippen LogP contribution in [0.2, 0.25) is 0 Å². The van der Waals surface area contributed by atoms with Crippen molar-refractivity contribution in [1.82, 2.24) is 0 Å². The molecule has 120 valence electrons. The van der Waals surface area contributed by atoms with Gasteiger partial charge in [0.25, 0.3) is 0 Å². The smallest absolute Gasteiger partial charge is 0.337 e. The maximum absolute atomic E-state index is 12.4. The molecule has 0 unspecified atom stereocenters. The molecular weight excluding hydrogens is 276 g/mol. The summed E-state index contributed by atoms with van der Waals surface area (Å²) in [6.07, 6.45) is 5.56. The molecule has 0 amide bonds. The van der Waals surface area contributed by atoms with Crippen LogP contribution in [0.1, 0.15) is 57.1 Å². The van der Waals surface area contributed by atoms with Crippen LogP contribution in [0, 0.1) is 0 Å². The molecule has 0 atom stereocenters. The lowest BCUT2D eigenvalue weighted by Gasteiger charge is -2.22. The Labute approximate surface area is 133 Å². The highest BCUT2D eigenvalue weighted by molar-refractivity contribution is 5.97. The maximum atomic E-state index is 12.4. The Hall–Kier alpha value is -1.77. The van der Waals surface area contributed by atoms with Gasteiger partial charge in [0.15, 0.2) is 0 Å². The number of hydrogen-bond donors (Lipinski definition) is 0. The highest BCUT2D eigenvalue weighted by Gasteiger charge is 2.25. The van der Waals surface area contributed by atoms with Gasteiger partial charge in [-0.15, -0.1) is 0 Å². The van der Waals surface area contributed by atoms with E-state index in [2.05, 4.69) is 19.9 Å². The molecule has 0 radical (unpaired) electrons. The Morgan fingerprint density at radius 3 is 2.55 bits per heavy atom. The lowest BCUT2D eigenvalue weighted by Crippen LogP contribution is -2.17. The van der Waals surface area contributed by atoms with Crippen molar-refractivity contribution in [3.63, 3.8) is 0 Å². The Bertz CT molecular complexity index is 531. The number of carbonyl (C=O) groups excluding carboxylic acids is 1. The summed E-state index contributed by atoms with van der Waals surface area (Å²) in [6.45, 7) is 5.35. The largest absolute Gasteiger partial charge is 0.492 e. The molecule has 22 heavy (non-hydrogen) atoms. The number of carbonyl (C=O) groups is 1. The first-order valence-electron chi connectivity index (χ1n) is 8.39. The first-order chi connectivity index (χ1) is 10.8. The van der Waals surface area contributed by atoms with Crippen molar-refractivity contribution >= 4 is 11.7 Å². The Kier molecular flexibility index (Phi) is 6.50. The molecule has 0 aromatic heterocycles. The van der Waals surface area contributed by atoms with E-state index in [9.17, 15) is 4.79 Å². The van der Waals surface area contributed by atoms with Gasteiger partial charge in [0.05, 0.1) is 18.8 Å². The van der Waals surface area contributed by atoms with E-state index in [0.717, 1.165) is 43.4 Å². The van der Waals surface area contributed by atoms with Crippen molar-refractivity contribution in [2.24, 2.45) is 0 Å². The minimum atomic E-state index is -0.213. The predicted molar refractivity (Wildman–Crippen MR) is 88.4 cm³/mol. The summed E-state index contributed by atoms with van der Waals surface area (Å²) < 4.78 is 11.4. The van der Waals surface area contributed by atoms with Crippen LogP contribution < -0.4 is 0 Å². The lowest BCUT2D eigenvalue weighted by molar-refractivity contribution is -0.139. The second-order valence-electron chi connectivity index (χ2n) is 5.66. The Morgan fingerprint density at radius 1 is 1.05 bits per heavy atom. The van der Waals surface area contributed by atoms with Crippen LogP contribution in [0.4, 0.5) is 0 Å². The topological polar surface area (TPSA) is 35.5 Å². The Balaban J connectivity index is 2.21. The van der Waals surface area contributed by atoms with Gasteiger partial charge in [0.1, 0.15) is 5.76 Å². The molecule has 0 spiro atoms. The van der Waals surface area contributed by atoms with Gasteiger partial charge in [-0.05, 0) is 31.2 Å². The van der Waals surface area contributed by atoms with Crippen molar-refractivity contribution in [2.75, 3.05) is 13.2 Å². The normalized spacial score (nSPS) is 13.7. The number of fused-ring (bicyclic) bond motifs is 1. The van der Waals surface area contributed by atoms with Crippen LogP contribution in [0.5, 0.6) is 0 Å². The molecule has 1 aliphatic rings. The standard InChI is InChI=1S/C19H26O3/c1-3-5-13-21-18-16-10-8-7-9-15(16)11-12-17(18)19(20)22-14-6-4-2/h7-10H,3-6,11-14H2,1-2H3. The van der Waals surface area contributed by atoms with E-state index in [1.807, 2.05) is 18.2 Å². The predicted octanol–water partition coefficient (Wildman–Crippen LogP) is 4.50. The quantitative estimate of drug-likeness (QED) is 0.524. The first kappa shape index (κ1) is 16.6. The molecule has 3 nitrogen and oxygen atoms in total. The molecule has 0 N–H and O–H groups in total. The minimum absolute atomic E-state index is 0.213. The van der Waals surface area contributed by atoms with Crippen LogP contribution >= 0.6 is 0 Å². The highest BCUT2D eigenvalue weighted by Crippen LogP contribution is 2.33. The van der Waals surface area contributed by atoms with Gasteiger partial charge in [0, 0.05) is 5.56 Å². The minimum Gasteiger partial charge on any atom is -0.492 e. The van der Waals surface area contributed by atoms with Crippen LogP contribution in [-0.4, -0.2) is 19.2 Å². The van der Waals surface area contributed by atoms with Crippen molar-refractivity contribution in [3.8, 4) is 0 Å². The van der Waals surface area contributed by atoms with Crippen molar-refractivity contribution < 1.29 is 14.3 Å². The zero-order chi connectivity index (χ0) is 15.8. The zero-order valence-electron chi connectivity index (χ0n) is 13.7. The van der Waals surface area contributed by atoms with Gasteiger partial charge in [-0.3, -0.25) is 0 Å². The third-order valence-electron chi connectivity index (χ3n) is 3.90.